The van der Waals surface area contributed by atoms with Crippen molar-refractivity contribution in [2.24, 2.45) is 0 Å². The van der Waals surface area contributed by atoms with Crippen LogP contribution in [-0.2, 0) is 0 Å². The van der Waals surface area contributed by atoms with Gasteiger partial charge in [-0.3, -0.25) is 4.98 Å². The second-order valence-corrected chi connectivity index (χ2v) is 4.09. The highest BCUT2D eigenvalue weighted by molar-refractivity contribution is 6.30. The molecular weight excluding hydrogens is 198 g/mol. The molecule has 2 rings (SSSR count). The Morgan fingerprint density at radius 3 is 2.57 bits per heavy atom. The van der Waals surface area contributed by atoms with Crippen LogP contribution in [0.1, 0.15) is 0 Å². The molecule has 0 spiro atoms. The molecule has 1 aromatic rings. The fraction of sp³-hybridized carbons (Fsp3) is 0.500. The van der Waals surface area contributed by atoms with Crippen LogP contribution >= 0.6 is 11.6 Å². The second kappa shape index (κ2) is 4.15. The van der Waals surface area contributed by atoms with Crippen LogP contribution in [-0.4, -0.2) is 43.1 Å². The lowest BCUT2D eigenvalue weighted by atomic mass is 10.3. The zero-order valence-corrected chi connectivity index (χ0v) is 9.04. The number of hydrogen-bond donors (Lipinski definition) is 0. The monoisotopic (exact) mass is 211 g/mol. The number of rotatable bonds is 1. The first kappa shape index (κ1) is 9.74. The number of hydrogen-bond acceptors (Lipinski definition) is 3. The Labute approximate surface area is 89.3 Å². The lowest BCUT2D eigenvalue weighted by Gasteiger charge is -2.33. The summed E-state index contributed by atoms with van der Waals surface area (Å²) in [4.78, 5) is 8.74. The fourth-order valence-corrected chi connectivity index (χ4v) is 1.81. The Morgan fingerprint density at radius 1 is 1.21 bits per heavy atom. The molecule has 0 aliphatic carbocycles. The van der Waals surface area contributed by atoms with E-state index < -0.39 is 0 Å². The quantitative estimate of drug-likeness (QED) is 0.702. The number of anilines is 1. The van der Waals surface area contributed by atoms with Crippen molar-refractivity contribution in [3.8, 4) is 0 Å². The van der Waals surface area contributed by atoms with Gasteiger partial charge in [-0.2, -0.15) is 0 Å². The first-order chi connectivity index (χ1) is 6.75. The SMILES string of the molecule is CN1CCN(c2cncc(Cl)c2)CC1. The molecule has 1 aromatic heterocycles. The van der Waals surface area contributed by atoms with Crippen molar-refractivity contribution in [3.63, 3.8) is 0 Å². The molecular formula is C10H14ClN3. The van der Waals surface area contributed by atoms with Gasteiger partial charge in [-0.25, -0.2) is 0 Å². The molecule has 4 heteroatoms. The van der Waals surface area contributed by atoms with E-state index in [0.29, 0.717) is 5.02 Å². The van der Waals surface area contributed by atoms with Crippen molar-refractivity contribution < 1.29 is 0 Å². The standard InChI is InChI=1S/C10H14ClN3/c1-13-2-4-14(5-3-13)10-6-9(11)7-12-8-10/h6-8H,2-5H2,1H3. The van der Waals surface area contributed by atoms with Crippen LogP contribution < -0.4 is 4.90 Å². The molecule has 0 bridgehead atoms. The largest absolute Gasteiger partial charge is 0.368 e. The minimum absolute atomic E-state index is 0.710. The molecule has 3 nitrogen and oxygen atoms in total. The molecule has 1 fully saturated rings. The normalized spacial score (nSPS) is 18.6. The topological polar surface area (TPSA) is 19.4 Å². The van der Waals surface area contributed by atoms with Crippen molar-refractivity contribution in [1.82, 2.24) is 9.88 Å². The van der Waals surface area contributed by atoms with Crippen LogP contribution in [0.25, 0.3) is 0 Å². The van der Waals surface area contributed by atoms with Gasteiger partial charge in [-0.1, -0.05) is 11.6 Å². The van der Waals surface area contributed by atoms with Crippen LogP contribution in [0, 0.1) is 0 Å². The van der Waals surface area contributed by atoms with Crippen molar-refractivity contribution in [3.05, 3.63) is 23.5 Å². The van der Waals surface area contributed by atoms with Gasteiger partial charge in [0.1, 0.15) is 0 Å². The number of aromatic nitrogens is 1. The minimum atomic E-state index is 0.710. The smallest absolute Gasteiger partial charge is 0.0609 e. The zero-order valence-electron chi connectivity index (χ0n) is 8.28. The van der Waals surface area contributed by atoms with E-state index in [1.165, 1.54) is 0 Å². The Bertz CT molecular complexity index is 308. The molecule has 0 atom stereocenters. The van der Waals surface area contributed by atoms with Gasteiger partial charge in [0.15, 0.2) is 0 Å². The molecule has 0 amide bonds. The minimum Gasteiger partial charge on any atom is -0.368 e. The predicted molar refractivity (Wildman–Crippen MR) is 59.0 cm³/mol. The average Bonchev–Trinajstić information content (AvgIpc) is 2.19. The molecule has 14 heavy (non-hydrogen) atoms. The van der Waals surface area contributed by atoms with E-state index in [0.717, 1.165) is 31.9 Å². The number of piperazine rings is 1. The van der Waals surface area contributed by atoms with E-state index in [1.54, 1.807) is 6.20 Å². The molecule has 76 valence electrons. The van der Waals surface area contributed by atoms with E-state index in [1.807, 2.05) is 12.3 Å². The van der Waals surface area contributed by atoms with Crippen LogP contribution in [0.15, 0.2) is 18.5 Å². The summed E-state index contributed by atoms with van der Waals surface area (Å²) in [5.74, 6) is 0. The molecule has 0 radical (unpaired) electrons. The molecule has 0 unspecified atom stereocenters. The number of nitrogens with zero attached hydrogens (tertiary/aromatic N) is 3. The van der Waals surface area contributed by atoms with E-state index in [-0.39, 0.29) is 0 Å². The Kier molecular flexibility index (Phi) is 2.89. The molecule has 2 heterocycles. The third-order valence-corrected chi connectivity index (χ3v) is 2.77. The highest BCUT2D eigenvalue weighted by Gasteiger charge is 2.14. The third kappa shape index (κ3) is 2.16. The number of halogens is 1. The van der Waals surface area contributed by atoms with Crippen molar-refractivity contribution in [2.75, 3.05) is 38.1 Å². The Morgan fingerprint density at radius 2 is 1.93 bits per heavy atom. The fourth-order valence-electron chi connectivity index (χ4n) is 1.64. The first-order valence-corrected chi connectivity index (χ1v) is 5.17. The van der Waals surface area contributed by atoms with Gasteiger partial charge in [0.05, 0.1) is 16.9 Å². The summed E-state index contributed by atoms with van der Waals surface area (Å²) in [6, 6.07) is 1.97. The lowest BCUT2D eigenvalue weighted by molar-refractivity contribution is 0.313. The maximum atomic E-state index is 5.89. The second-order valence-electron chi connectivity index (χ2n) is 3.65. The molecule has 0 aromatic carbocycles. The molecule has 1 aliphatic heterocycles. The van der Waals surface area contributed by atoms with Gasteiger partial charge in [-0.15, -0.1) is 0 Å². The van der Waals surface area contributed by atoms with Gasteiger partial charge in [0.2, 0.25) is 0 Å². The summed E-state index contributed by atoms with van der Waals surface area (Å²) in [5, 5.41) is 0.710. The summed E-state index contributed by atoms with van der Waals surface area (Å²) in [6.45, 7) is 4.32. The van der Waals surface area contributed by atoms with Crippen molar-refractivity contribution in [1.29, 1.82) is 0 Å². The highest BCUT2D eigenvalue weighted by Crippen LogP contribution is 2.18. The van der Waals surface area contributed by atoms with E-state index in [4.69, 9.17) is 11.6 Å². The third-order valence-electron chi connectivity index (χ3n) is 2.56. The number of likely N-dealkylation sites (N-methyl/N-ethyl adjacent to an activating group) is 1. The molecule has 1 aliphatic rings. The van der Waals surface area contributed by atoms with Crippen LogP contribution in [0.4, 0.5) is 5.69 Å². The molecule has 1 saturated heterocycles. The molecule has 0 N–H and O–H groups in total. The van der Waals surface area contributed by atoms with E-state index >= 15 is 0 Å². The van der Waals surface area contributed by atoms with Gasteiger partial charge >= 0.3 is 0 Å². The van der Waals surface area contributed by atoms with Gasteiger partial charge in [0.25, 0.3) is 0 Å². The lowest BCUT2D eigenvalue weighted by Crippen LogP contribution is -2.44. The number of pyridine rings is 1. The summed E-state index contributed by atoms with van der Waals surface area (Å²) >= 11 is 5.89. The summed E-state index contributed by atoms with van der Waals surface area (Å²) in [6.07, 6.45) is 3.54. The van der Waals surface area contributed by atoms with Crippen LogP contribution in [0.3, 0.4) is 0 Å². The highest BCUT2D eigenvalue weighted by atomic mass is 35.5. The zero-order chi connectivity index (χ0) is 9.97. The molecule has 0 saturated carbocycles. The van der Waals surface area contributed by atoms with Gasteiger partial charge in [-0.05, 0) is 13.1 Å². The van der Waals surface area contributed by atoms with Gasteiger partial charge in [0, 0.05) is 32.4 Å². The van der Waals surface area contributed by atoms with Gasteiger partial charge < -0.3 is 9.80 Å². The summed E-state index contributed by atoms with van der Waals surface area (Å²) in [7, 11) is 2.15. The van der Waals surface area contributed by atoms with Crippen molar-refractivity contribution >= 4 is 17.3 Å². The summed E-state index contributed by atoms with van der Waals surface area (Å²) < 4.78 is 0. The van der Waals surface area contributed by atoms with E-state index in [9.17, 15) is 0 Å². The van der Waals surface area contributed by atoms with Crippen molar-refractivity contribution in [2.45, 2.75) is 0 Å². The Hall–Kier alpha value is -0.800. The predicted octanol–water partition coefficient (Wildman–Crippen LogP) is 1.49. The maximum Gasteiger partial charge on any atom is 0.0609 e. The maximum absolute atomic E-state index is 5.89. The average molecular weight is 212 g/mol. The van der Waals surface area contributed by atoms with E-state index in [2.05, 4.69) is 21.8 Å². The van der Waals surface area contributed by atoms with Crippen LogP contribution in [0.2, 0.25) is 5.02 Å². The first-order valence-electron chi connectivity index (χ1n) is 4.80. The van der Waals surface area contributed by atoms with Crippen LogP contribution in [0.5, 0.6) is 0 Å². The Balaban J connectivity index is 2.08. The summed E-state index contributed by atoms with van der Waals surface area (Å²) in [5.41, 5.74) is 1.13.